The second-order valence-electron chi connectivity index (χ2n) is 9.29. The van der Waals surface area contributed by atoms with Gasteiger partial charge in [0, 0.05) is 37.9 Å². The Hall–Kier alpha value is -2.77. The highest BCUT2D eigenvalue weighted by molar-refractivity contribution is 5.89. The van der Waals surface area contributed by atoms with Gasteiger partial charge in [-0.3, -0.25) is 14.7 Å². The average Bonchev–Trinajstić information content (AvgIpc) is 3.24. The van der Waals surface area contributed by atoms with E-state index >= 15 is 0 Å². The number of hydrogen-bond donors (Lipinski definition) is 1. The molecule has 1 aromatic heterocycles. The van der Waals surface area contributed by atoms with Gasteiger partial charge in [-0.05, 0) is 74.6 Å². The van der Waals surface area contributed by atoms with Crippen molar-refractivity contribution in [2.75, 3.05) is 33.3 Å². The number of esters is 1. The minimum atomic E-state index is -0.320. The first-order chi connectivity index (χ1) is 16.7. The number of aromatic nitrogens is 1. The van der Waals surface area contributed by atoms with Crippen molar-refractivity contribution in [2.24, 2.45) is 0 Å². The zero-order chi connectivity index (χ0) is 23.8. The number of carbonyl (C=O) groups excluding carboxylic acids is 2. The highest BCUT2D eigenvalue weighted by Crippen LogP contribution is 2.30. The summed E-state index contributed by atoms with van der Waals surface area (Å²) in [5, 5.41) is 3.50. The quantitative estimate of drug-likeness (QED) is 0.428. The summed E-state index contributed by atoms with van der Waals surface area (Å²) in [6.07, 6.45) is 10.0. The summed E-state index contributed by atoms with van der Waals surface area (Å²) < 4.78 is 4.75. The molecule has 2 aromatic rings. The van der Waals surface area contributed by atoms with Crippen molar-refractivity contribution in [3.8, 4) is 0 Å². The third-order valence-electron chi connectivity index (χ3n) is 7.08. The van der Waals surface area contributed by atoms with Crippen LogP contribution in [-0.2, 0) is 16.1 Å². The van der Waals surface area contributed by atoms with E-state index in [1.165, 1.54) is 31.9 Å². The highest BCUT2D eigenvalue weighted by atomic mass is 16.5. The zero-order valence-corrected chi connectivity index (χ0v) is 20.1. The van der Waals surface area contributed by atoms with Gasteiger partial charge in [0.1, 0.15) is 0 Å². The Bertz CT molecular complexity index is 929. The number of hydrogen-bond acceptors (Lipinski definition) is 6. The molecule has 4 rings (SSSR count). The fraction of sp³-hybridized carbons (Fsp3) is 0.519. The largest absolute Gasteiger partial charge is 0.465 e. The Morgan fingerprint density at radius 2 is 1.97 bits per heavy atom. The molecule has 7 heteroatoms. The standard InChI is InChI=1S/C27H36N4O3/c1-34-27(33)22-9-7-21(8-10-22)18-29-15-13-24-11-12-26(32)31(24)20-25(23-6-5-14-28-19-23)30-16-3-2-4-17-30/h5-10,14,19,24-25,29H,2-4,11-13,15-18,20H2,1H3. The molecule has 34 heavy (non-hydrogen) atoms. The first kappa shape index (κ1) is 24.4. The molecule has 0 saturated carbocycles. The van der Waals surface area contributed by atoms with E-state index in [1.807, 2.05) is 30.6 Å². The van der Waals surface area contributed by atoms with Crippen LogP contribution in [0.3, 0.4) is 0 Å². The van der Waals surface area contributed by atoms with Gasteiger partial charge in [0.15, 0.2) is 0 Å². The fourth-order valence-electron chi connectivity index (χ4n) is 5.14. The second kappa shape index (κ2) is 12.1. The van der Waals surface area contributed by atoms with E-state index in [0.717, 1.165) is 51.1 Å². The summed E-state index contributed by atoms with van der Waals surface area (Å²) >= 11 is 0. The van der Waals surface area contributed by atoms with Gasteiger partial charge in [0.25, 0.3) is 0 Å². The molecule has 2 atom stereocenters. The second-order valence-corrected chi connectivity index (χ2v) is 9.29. The van der Waals surface area contributed by atoms with Gasteiger partial charge in [0.05, 0.1) is 18.7 Å². The number of rotatable bonds is 10. The lowest BCUT2D eigenvalue weighted by Crippen LogP contribution is -2.44. The summed E-state index contributed by atoms with van der Waals surface area (Å²) in [7, 11) is 1.39. The molecule has 2 fully saturated rings. The maximum atomic E-state index is 12.8. The Morgan fingerprint density at radius 1 is 1.18 bits per heavy atom. The average molecular weight is 465 g/mol. The maximum absolute atomic E-state index is 12.8. The van der Waals surface area contributed by atoms with Gasteiger partial charge in [-0.25, -0.2) is 4.79 Å². The lowest BCUT2D eigenvalue weighted by atomic mass is 10.0. The minimum absolute atomic E-state index is 0.208. The van der Waals surface area contributed by atoms with E-state index in [0.29, 0.717) is 12.0 Å². The monoisotopic (exact) mass is 464 g/mol. The van der Waals surface area contributed by atoms with E-state index in [-0.39, 0.29) is 24.0 Å². The van der Waals surface area contributed by atoms with Crippen molar-refractivity contribution in [1.82, 2.24) is 20.1 Å². The van der Waals surface area contributed by atoms with Crippen LogP contribution < -0.4 is 5.32 Å². The molecule has 182 valence electrons. The number of methoxy groups -OCH3 is 1. The predicted octanol–water partition coefficient (Wildman–Crippen LogP) is 3.57. The van der Waals surface area contributed by atoms with Gasteiger partial charge < -0.3 is 15.0 Å². The highest BCUT2D eigenvalue weighted by Gasteiger charge is 2.34. The molecule has 1 N–H and O–H groups in total. The van der Waals surface area contributed by atoms with Crippen LogP contribution in [0.1, 0.15) is 66.1 Å². The number of likely N-dealkylation sites (tertiary alicyclic amines) is 2. The number of benzene rings is 1. The normalized spacial score (nSPS) is 19.9. The first-order valence-electron chi connectivity index (χ1n) is 12.5. The number of carbonyl (C=O) groups is 2. The molecular weight excluding hydrogens is 428 g/mol. The molecule has 3 heterocycles. The molecular formula is C27H36N4O3. The zero-order valence-electron chi connectivity index (χ0n) is 20.1. The van der Waals surface area contributed by atoms with Crippen LogP contribution in [0, 0.1) is 0 Å². The van der Waals surface area contributed by atoms with Crippen LogP contribution in [0.4, 0.5) is 0 Å². The van der Waals surface area contributed by atoms with E-state index in [4.69, 9.17) is 4.74 Å². The van der Waals surface area contributed by atoms with Gasteiger partial charge >= 0.3 is 5.97 Å². The lowest BCUT2D eigenvalue weighted by molar-refractivity contribution is -0.130. The van der Waals surface area contributed by atoms with E-state index < -0.39 is 0 Å². The van der Waals surface area contributed by atoms with Crippen LogP contribution in [0.5, 0.6) is 0 Å². The number of amides is 1. The maximum Gasteiger partial charge on any atom is 0.337 e. The molecule has 2 aliphatic rings. The third-order valence-corrected chi connectivity index (χ3v) is 7.08. The van der Waals surface area contributed by atoms with E-state index in [1.54, 1.807) is 12.1 Å². The first-order valence-corrected chi connectivity index (χ1v) is 12.5. The van der Waals surface area contributed by atoms with Crippen molar-refractivity contribution >= 4 is 11.9 Å². The SMILES string of the molecule is COC(=O)c1ccc(CNCCC2CCC(=O)N2CC(c2cccnc2)N2CCCCC2)cc1. The molecule has 1 aromatic carbocycles. The summed E-state index contributed by atoms with van der Waals surface area (Å²) in [5.74, 6) is -0.0473. The lowest BCUT2D eigenvalue weighted by Gasteiger charge is -2.38. The molecule has 0 spiro atoms. The Kier molecular flexibility index (Phi) is 8.66. The number of nitrogens with zero attached hydrogens (tertiary/aromatic N) is 3. The fourth-order valence-corrected chi connectivity index (χ4v) is 5.14. The van der Waals surface area contributed by atoms with Crippen molar-refractivity contribution in [3.63, 3.8) is 0 Å². The summed E-state index contributed by atoms with van der Waals surface area (Å²) in [6, 6.07) is 12.1. The van der Waals surface area contributed by atoms with Crippen LogP contribution in [0.2, 0.25) is 0 Å². The number of ether oxygens (including phenoxy) is 1. The minimum Gasteiger partial charge on any atom is -0.465 e. The molecule has 2 unspecified atom stereocenters. The van der Waals surface area contributed by atoms with Gasteiger partial charge in [0.2, 0.25) is 5.91 Å². The third kappa shape index (κ3) is 6.21. The van der Waals surface area contributed by atoms with Crippen LogP contribution in [-0.4, -0.2) is 66.0 Å². The van der Waals surface area contributed by atoms with Crippen molar-refractivity contribution in [3.05, 3.63) is 65.5 Å². The summed E-state index contributed by atoms with van der Waals surface area (Å²) in [6.45, 7) is 4.48. The summed E-state index contributed by atoms with van der Waals surface area (Å²) in [5.41, 5.74) is 2.88. The molecule has 1 amide bonds. The van der Waals surface area contributed by atoms with Crippen LogP contribution in [0.25, 0.3) is 0 Å². The van der Waals surface area contributed by atoms with E-state index in [2.05, 4.69) is 26.2 Å². The van der Waals surface area contributed by atoms with E-state index in [9.17, 15) is 9.59 Å². The topological polar surface area (TPSA) is 74.8 Å². The molecule has 0 aliphatic carbocycles. The number of nitrogens with one attached hydrogen (secondary N) is 1. The Balaban J connectivity index is 1.32. The molecule has 2 saturated heterocycles. The van der Waals surface area contributed by atoms with Crippen molar-refractivity contribution in [2.45, 2.75) is 57.2 Å². The van der Waals surface area contributed by atoms with Crippen LogP contribution >= 0.6 is 0 Å². The number of piperidine rings is 1. The number of pyridine rings is 1. The van der Waals surface area contributed by atoms with Crippen molar-refractivity contribution in [1.29, 1.82) is 0 Å². The van der Waals surface area contributed by atoms with Gasteiger partial charge in [-0.15, -0.1) is 0 Å². The van der Waals surface area contributed by atoms with Gasteiger partial charge in [-0.1, -0.05) is 24.6 Å². The van der Waals surface area contributed by atoms with Crippen LogP contribution in [0.15, 0.2) is 48.8 Å². The molecule has 7 nitrogen and oxygen atoms in total. The van der Waals surface area contributed by atoms with Crippen molar-refractivity contribution < 1.29 is 14.3 Å². The smallest absolute Gasteiger partial charge is 0.337 e. The summed E-state index contributed by atoms with van der Waals surface area (Å²) in [4.78, 5) is 33.4. The molecule has 0 radical (unpaired) electrons. The van der Waals surface area contributed by atoms with Gasteiger partial charge in [-0.2, -0.15) is 0 Å². The Morgan fingerprint density at radius 3 is 2.68 bits per heavy atom. The molecule has 0 bridgehead atoms. The molecule has 2 aliphatic heterocycles. The predicted molar refractivity (Wildman–Crippen MR) is 131 cm³/mol. The Labute approximate surface area is 202 Å².